The molecule has 0 radical (unpaired) electrons. The number of carbonyl (C=O) groups is 1. The van der Waals surface area contributed by atoms with Gasteiger partial charge < -0.3 is 15.1 Å². The van der Waals surface area contributed by atoms with Crippen LogP contribution in [0.4, 0.5) is 5.69 Å². The first-order valence-electron chi connectivity index (χ1n) is 12.5. The van der Waals surface area contributed by atoms with E-state index < -0.39 is 0 Å². The Bertz CT molecular complexity index is 1660. The van der Waals surface area contributed by atoms with Gasteiger partial charge >= 0.3 is 0 Å². The molecule has 0 spiro atoms. The average Bonchev–Trinajstić information content (AvgIpc) is 2.95. The van der Waals surface area contributed by atoms with Crippen LogP contribution in [0.25, 0.3) is 22.3 Å². The second-order valence-corrected chi connectivity index (χ2v) is 9.25. The standard InChI is InChI=1S/C31H28N4O3/c1-19-16-24(30-25(17-19)28(36)20(2)29(38-30)22-10-5-4-6-11-22)21(3)35-26-13-9-15-33-27(26)31(37)34-18-23-12-7-8-14-32-23/h4-17,21,35H,18H2,1-3H3,(H,34,37). The lowest BCUT2D eigenvalue weighted by atomic mass is 9.98. The highest BCUT2D eigenvalue weighted by Gasteiger charge is 2.21. The summed E-state index contributed by atoms with van der Waals surface area (Å²) in [5, 5.41) is 6.83. The number of nitrogens with one attached hydrogen (secondary N) is 2. The largest absolute Gasteiger partial charge is 0.455 e. The molecule has 5 rings (SSSR count). The highest BCUT2D eigenvalue weighted by molar-refractivity contribution is 5.97. The Labute approximate surface area is 220 Å². The van der Waals surface area contributed by atoms with Crippen molar-refractivity contribution in [2.24, 2.45) is 0 Å². The summed E-state index contributed by atoms with van der Waals surface area (Å²) >= 11 is 0. The molecule has 5 aromatic rings. The van der Waals surface area contributed by atoms with Crippen LogP contribution in [0.1, 0.15) is 45.8 Å². The first kappa shape index (κ1) is 24.9. The minimum atomic E-state index is -0.312. The van der Waals surface area contributed by atoms with Crippen LogP contribution in [-0.4, -0.2) is 15.9 Å². The molecule has 0 saturated heterocycles. The maximum absolute atomic E-state index is 13.4. The van der Waals surface area contributed by atoms with E-state index in [9.17, 15) is 9.59 Å². The second-order valence-electron chi connectivity index (χ2n) is 9.25. The summed E-state index contributed by atoms with van der Waals surface area (Å²) < 4.78 is 6.43. The van der Waals surface area contributed by atoms with Gasteiger partial charge in [0.2, 0.25) is 0 Å². The zero-order valence-electron chi connectivity index (χ0n) is 21.5. The zero-order chi connectivity index (χ0) is 26.6. The Hall–Kier alpha value is -4.78. The van der Waals surface area contributed by atoms with Crippen LogP contribution in [-0.2, 0) is 6.54 Å². The van der Waals surface area contributed by atoms with Crippen LogP contribution in [0.3, 0.4) is 0 Å². The predicted octanol–water partition coefficient (Wildman–Crippen LogP) is 5.97. The van der Waals surface area contributed by atoms with Crippen LogP contribution in [0.15, 0.2) is 94.4 Å². The molecule has 38 heavy (non-hydrogen) atoms. The smallest absolute Gasteiger partial charge is 0.272 e. The number of carbonyl (C=O) groups excluding carboxylic acids is 1. The van der Waals surface area contributed by atoms with Crippen LogP contribution < -0.4 is 16.1 Å². The maximum Gasteiger partial charge on any atom is 0.272 e. The van der Waals surface area contributed by atoms with Crippen molar-refractivity contribution < 1.29 is 9.21 Å². The second kappa shape index (κ2) is 10.7. The monoisotopic (exact) mass is 504 g/mol. The molecule has 2 aromatic carbocycles. The van der Waals surface area contributed by atoms with Crippen LogP contribution in [0.5, 0.6) is 0 Å². The molecule has 3 aromatic heterocycles. The molecule has 2 N–H and O–H groups in total. The van der Waals surface area contributed by atoms with E-state index in [2.05, 4.69) is 20.6 Å². The van der Waals surface area contributed by atoms with Crippen LogP contribution in [0.2, 0.25) is 0 Å². The predicted molar refractivity (Wildman–Crippen MR) is 149 cm³/mol. The molecular formula is C31H28N4O3. The van der Waals surface area contributed by atoms with E-state index in [4.69, 9.17) is 4.42 Å². The van der Waals surface area contributed by atoms with Crippen molar-refractivity contribution in [3.8, 4) is 11.3 Å². The van der Waals surface area contributed by atoms with E-state index in [0.717, 1.165) is 22.4 Å². The number of fused-ring (bicyclic) bond motifs is 1. The summed E-state index contributed by atoms with van der Waals surface area (Å²) in [5.74, 6) is 0.241. The van der Waals surface area contributed by atoms with E-state index in [1.54, 1.807) is 25.4 Å². The average molecular weight is 505 g/mol. The normalized spacial score (nSPS) is 11.8. The van der Waals surface area contributed by atoms with Crippen molar-refractivity contribution in [3.05, 3.63) is 123 Å². The number of rotatable bonds is 7. The Morgan fingerprint density at radius 1 is 0.947 bits per heavy atom. The van der Waals surface area contributed by atoms with Crippen LogP contribution in [0, 0.1) is 13.8 Å². The van der Waals surface area contributed by atoms with Crippen LogP contribution >= 0.6 is 0 Å². The molecule has 0 aliphatic carbocycles. The number of nitrogens with zero attached hydrogens (tertiary/aromatic N) is 2. The lowest BCUT2D eigenvalue weighted by Gasteiger charge is -2.20. The molecule has 0 fully saturated rings. The SMILES string of the molecule is Cc1cc(C(C)Nc2cccnc2C(=O)NCc2ccccn2)c2oc(-c3ccccc3)c(C)c(=O)c2c1. The summed E-state index contributed by atoms with van der Waals surface area (Å²) in [4.78, 5) is 35.0. The number of hydrogen-bond donors (Lipinski definition) is 2. The maximum atomic E-state index is 13.4. The number of amides is 1. The minimum absolute atomic E-state index is 0.0572. The quantitative estimate of drug-likeness (QED) is 0.283. The summed E-state index contributed by atoms with van der Waals surface area (Å²) in [6, 6.07) is 22.3. The van der Waals surface area contributed by atoms with Gasteiger partial charge in [0.1, 0.15) is 11.3 Å². The van der Waals surface area contributed by atoms with E-state index in [0.29, 0.717) is 34.5 Å². The first-order chi connectivity index (χ1) is 18.4. The Morgan fingerprint density at radius 2 is 1.71 bits per heavy atom. The van der Waals surface area contributed by atoms with Gasteiger partial charge in [-0.1, -0.05) is 42.5 Å². The van der Waals surface area contributed by atoms with E-state index in [1.807, 2.05) is 80.6 Å². The van der Waals surface area contributed by atoms with Gasteiger partial charge in [-0.05, 0) is 56.7 Å². The number of aryl methyl sites for hydroxylation is 1. The molecule has 7 nitrogen and oxygen atoms in total. The van der Waals surface area contributed by atoms with Gasteiger partial charge in [0, 0.05) is 29.1 Å². The summed E-state index contributed by atoms with van der Waals surface area (Å²) in [5.41, 5.74) is 5.24. The highest BCUT2D eigenvalue weighted by Crippen LogP contribution is 2.32. The molecular weight excluding hydrogens is 476 g/mol. The van der Waals surface area contributed by atoms with Gasteiger partial charge in [0.15, 0.2) is 11.1 Å². The zero-order valence-corrected chi connectivity index (χ0v) is 21.5. The number of benzene rings is 2. The van der Waals surface area contributed by atoms with Gasteiger partial charge in [-0.3, -0.25) is 14.6 Å². The molecule has 0 saturated carbocycles. The van der Waals surface area contributed by atoms with Crippen molar-refractivity contribution in [1.82, 2.24) is 15.3 Å². The Kier molecular flexibility index (Phi) is 7.00. The van der Waals surface area contributed by atoms with E-state index in [1.165, 1.54) is 0 Å². The molecule has 7 heteroatoms. The molecule has 1 unspecified atom stereocenters. The summed E-state index contributed by atoms with van der Waals surface area (Å²) in [6.45, 7) is 6.01. The number of anilines is 1. The van der Waals surface area contributed by atoms with E-state index in [-0.39, 0.29) is 23.1 Å². The van der Waals surface area contributed by atoms with E-state index >= 15 is 0 Å². The highest BCUT2D eigenvalue weighted by atomic mass is 16.3. The Morgan fingerprint density at radius 3 is 2.47 bits per heavy atom. The Balaban J connectivity index is 1.50. The van der Waals surface area contributed by atoms with Gasteiger partial charge in [-0.15, -0.1) is 0 Å². The van der Waals surface area contributed by atoms with Crippen molar-refractivity contribution in [2.75, 3.05) is 5.32 Å². The van der Waals surface area contributed by atoms with Crippen molar-refractivity contribution >= 4 is 22.6 Å². The lowest BCUT2D eigenvalue weighted by molar-refractivity contribution is 0.0946. The third kappa shape index (κ3) is 5.04. The third-order valence-electron chi connectivity index (χ3n) is 6.45. The van der Waals surface area contributed by atoms with Gasteiger partial charge in [0.25, 0.3) is 5.91 Å². The lowest BCUT2D eigenvalue weighted by Crippen LogP contribution is -2.25. The third-order valence-corrected chi connectivity index (χ3v) is 6.45. The van der Waals surface area contributed by atoms with Gasteiger partial charge in [-0.2, -0.15) is 0 Å². The summed E-state index contributed by atoms with van der Waals surface area (Å²) in [6.07, 6.45) is 3.27. The first-order valence-corrected chi connectivity index (χ1v) is 12.5. The molecule has 1 amide bonds. The molecule has 3 heterocycles. The minimum Gasteiger partial charge on any atom is -0.455 e. The van der Waals surface area contributed by atoms with Crippen molar-refractivity contribution in [1.29, 1.82) is 0 Å². The fourth-order valence-electron chi connectivity index (χ4n) is 4.53. The number of pyridine rings is 2. The molecule has 0 aliphatic heterocycles. The van der Waals surface area contributed by atoms with Gasteiger partial charge in [0.05, 0.1) is 29.4 Å². The van der Waals surface area contributed by atoms with Gasteiger partial charge in [-0.25, -0.2) is 4.98 Å². The fraction of sp³-hybridized carbons (Fsp3) is 0.161. The fourth-order valence-corrected chi connectivity index (χ4v) is 4.53. The molecule has 0 bridgehead atoms. The molecule has 0 aliphatic rings. The topological polar surface area (TPSA) is 97.1 Å². The van der Waals surface area contributed by atoms with Crippen molar-refractivity contribution in [3.63, 3.8) is 0 Å². The number of hydrogen-bond acceptors (Lipinski definition) is 6. The molecule has 1 atom stereocenters. The van der Waals surface area contributed by atoms with Crippen molar-refractivity contribution in [2.45, 2.75) is 33.4 Å². The molecule has 190 valence electrons. The summed E-state index contributed by atoms with van der Waals surface area (Å²) in [7, 11) is 0. The number of aromatic nitrogens is 2.